The van der Waals surface area contributed by atoms with E-state index in [1.807, 2.05) is 42.5 Å². The van der Waals surface area contributed by atoms with Gasteiger partial charge in [0, 0.05) is 11.5 Å². The van der Waals surface area contributed by atoms with Gasteiger partial charge in [0.1, 0.15) is 11.6 Å². The molecule has 6 aromatic rings. The third-order valence-corrected chi connectivity index (χ3v) is 8.35. The maximum absolute atomic E-state index is 14.2. The van der Waals surface area contributed by atoms with Crippen molar-refractivity contribution in [3.8, 4) is 22.3 Å². The fourth-order valence-corrected chi connectivity index (χ4v) is 5.85. The Morgan fingerprint density at radius 2 is 1.42 bits per heavy atom. The lowest BCUT2D eigenvalue weighted by atomic mass is 9.98. The number of hydrogen-bond donors (Lipinski definition) is 2. The molecule has 1 fully saturated rings. The van der Waals surface area contributed by atoms with Crippen molar-refractivity contribution in [1.29, 1.82) is 0 Å². The number of halogens is 2. The second-order valence-corrected chi connectivity index (χ2v) is 11.4. The average Bonchev–Trinajstić information content (AvgIpc) is 3.72. The number of carboxylic acid groups (broad SMARTS) is 1. The van der Waals surface area contributed by atoms with E-state index in [-0.39, 0.29) is 11.5 Å². The normalized spacial score (nSPS) is 13.5. The molecule has 7 rings (SSSR count). The summed E-state index contributed by atoms with van der Waals surface area (Å²) in [4.78, 5) is 25.4. The Hall–Kier alpha value is -5.63. The van der Waals surface area contributed by atoms with Crippen LogP contribution in [0.15, 0.2) is 115 Å². The second-order valence-electron chi connectivity index (χ2n) is 11.4. The van der Waals surface area contributed by atoms with Crippen LogP contribution < -0.4 is 5.32 Å². The van der Waals surface area contributed by atoms with Gasteiger partial charge in [0.2, 0.25) is 0 Å². The van der Waals surface area contributed by atoms with Crippen molar-refractivity contribution < 1.29 is 23.5 Å². The number of carbonyl (C=O) groups is 2. The molecule has 0 unspecified atom stereocenters. The molecule has 8 heteroatoms. The summed E-state index contributed by atoms with van der Waals surface area (Å²) in [6.07, 6.45) is 3.04. The minimum Gasteiger partial charge on any atom is -0.478 e. The summed E-state index contributed by atoms with van der Waals surface area (Å²) in [7, 11) is 0. The van der Waals surface area contributed by atoms with Crippen LogP contribution in [-0.2, 0) is 12.1 Å². The van der Waals surface area contributed by atoms with Gasteiger partial charge in [0.15, 0.2) is 0 Å². The molecule has 2 N–H and O–H groups in total. The molecule has 1 heterocycles. The lowest BCUT2D eigenvalue weighted by Crippen LogP contribution is -2.35. The van der Waals surface area contributed by atoms with E-state index in [4.69, 9.17) is 0 Å². The molecule has 6 nitrogen and oxygen atoms in total. The predicted octanol–water partition coefficient (Wildman–Crippen LogP) is 7.81. The molecular weight excluding hydrogens is 572 g/mol. The van der Waals surface area contributed by atoms with Gasteiger partial charge in [-0.25, -0.2) is 13.6 Å². The molecule has 0 atom stereocenters. The molecule has 0 aliphatic heterocycles. The number of rotatable bonds is 8. The zero-order valence-electron chi connectivity index (χ0n) is 24.0. The molecule has 45 heavy (non-hydrogen) atoms. The van der Waals surface area contributed by atoms with Crippen molar-refractivity contribution in [2.45, 2.75) is 24.9 Å². The minimum atomic E-state index is -1.02. The average molecular weight is 600 g/mol. The summed E-state index contributed by atoms with van der Waals surface area (Å²) < 4.78 is 30.2. The van der Waals surface area contributed by atoms with Gasteiger partial charge in [-0.2, -0.15) is 5.10 Å². The molecule has 1 aliphatic carbocycles. The second kappa shape index (κ2) is 11.1. The molecule has 1 saturated carbocycles. The minimum absolute atomic E-state index is 0.165. The Kier molecular flexibility index (Phi) is 6.97. The highest BCUT2D eigenvalue weighted by atomic mass is 19.1. The Labute approximate surface area is 257 Å². The number of carboxylic acids is 1. The van der Waals surface area contributed by atoms with Gasteiger partial charge in [-0.15, -0.1) is 0 Å². The van der Waals surface area contributed by atoms with Gasteiger partial charge in [-0.1, -0.05) is 66.7 Å². The number of fused-ring (bicyclic) bond motifs is 1. The van der Waals surface area contributed by atoms with Crippen molar-refractivity contribution in [3.05, 3.63) is 149 Å². The molecule has 1 amide bonds. The van der Waals surface area contributed by atoms with Crippen LogP contribution in [0.3, 0.4) is 0 Å². The molecule has 1 aliphatic rings. The van der Waals surface area contributed by atoms with E-state index in [2.05, 4.69) is 22.5 Å². The van der Waals surface area contributed by atoms with E-state index in [0.29, 0.717) is 47.0 Å². The highest BCUT2D eigenvalue weighted by molar-refractivity contribution is 6.08. The third-order valence-electron chi connectivity index (χ3n) is 8.35. The molecule has 1 aromatic heterocycles. The van der Waals surface area contributed by atoms with Crippen LogP contribution in [0.1, 0.15) is 44.7 Å². The fourth-order valence-electron chi connectivity index (χ4n) is 5.85. The number of nitrogens with one attached hydrogen (secondary N) is 1. The molecular formula is C37H27F2N3O3. The van der Waals surface area contributed by atoms with E-state index in [0.717, 1.165) is 28.3 Å². The molecule has 0 spiro atoms. The Bertz CT molecular complexity index is 2050. The molecule has 222 valence electrons. The van der Waals surface area contributed by atoms with Gasteiger partial charge in [-0.05, 0) is 82.6 Å². The number of hydrogen-bond acceptors (Lipinski definition) is 3. The van der Waals surface area contributed by atoms with Crippen molar-refractivity contribution >= 4 is 22.8 Å². The van der Waals surface area contributed by atoms with E-state index in [1.165, 1.54) is 24.3 Å². The van der Waals surface area contributed by atoms with Crippen LogP contribution in [0.5, 0.6) is 0 Å². The SMILES string of the molecule is O=C(O)c1ccc(C2(NC(=O)c3cc(-c4cc(F)cc(F)c4)cc4cnn(Cc5ccc(-c6ccccc6)cc5)c34)CC2)cc1. The molecule has 5 aromatic carbocycles. The number of aromatic carboxylic acids is 1. The van der Waals surface area contributed by atoms with E-state index < -0.39 is 23.1 Å². The van der Waals surface area contributed by atoms with E-state index in [1.54, 1.807) is 35.1 Å². The number of amides is 1. The largest absolute Gasteiger partial charge is 0.478 e. The van der Waals surface area contributed by atoms with Crippen LogP contribution in [0.25, 0.3) is 33.2 Å². The number of benzene rings is 5. The summed E-state index contributed by atoms with van der Waals surface area (Å²) in [5.74, 6) is -2.81. The maximum atomic E-state index is 14.2. The van der Waals surface area contributed by atoms with Crippen molar-refractivity contribution in [2.24, 2.45) is 0 Å². The number of carbonyl (C=O) groups excluding carboxylic acids is 1. The zero-order chi connectivity index (χ0) is 31.1. The topological polar surface area (TPSA) is 84.2 Å². The standard InChI is InChI=1S/C37H27F2N3O3/c38-31-17-28(18-32(39)20-31)27-16-29-21-40-42(22-23-6-8-25(9-7-23)24-4-2-1-3-5-24)34(29)33(19-27)35(43)41-37(14-15-37)30-12-10-26(11-13-30)36(44)45/h1-13,16-21H,14-15,22H2,(H,41,43)(H,44,45). The fraction of sp³-hybridized carbons (Fsp3) is 0.108. The summed E-state index contributed by atoms with van der Waals surface area (Å²) in [6, 6.07) is 31.4. The van der Waals surface area contributed by atoms with Gasteiger partial charge >= 0.3 is 5.97 Å². The zero-order valence-corrected chi connectivity index (χ0v) is 24.0. The highest BCUT2D eigenvalue weighted by Crippen LogP contribution is 2.46. The van der Waals surface area contributed by atoms with Gasteiger partial charge < -0.3 is 10.4 Å². The molecule has 0 saturated heterocycles. The van der Waals surface area contributed by atoms with Crippen LogP contribution in [0.4, 0.5) is 8.78 Å². The first-order valence-electron chi connectivity index (χ1n) is 14.5. The van der Waals surface area contributed by atoms with Gasteiger partial charge in [-0.3, -0.25) is 9.48 Å². The summed E-state index contributed by atoms with van der Waals surface area (Å²) in [5, 5.41) is 17.7. The van der Waals surface area contributed by atoms with Crippen molar-refractivity contribution in [3.63, 3.8) is 0 Å². The van der Waals surface area contributed by atoms with Crippen LogP contribution >= 0.6 is 0 Å². The Morgan fingerprint density at radius 1 is 0.778 bits per heavy atom. The molecule has 0 bridgehead atoms. The Balaban J connectivity index is 1.27. The first-order chi connectivity index (χ1) is 21.8. The van der Waals surface area contributed by atoms with Crippen LogP contribution in [0.2, 0.25) is 0 Å². The van der Waals surface area contributed by atoms with E-state index >= 15 is 0 Å². The number of nitrogens with zero attached hydrogens (tertiary/aromatic N) is 2. The first kappa shape index (κ1) is 28.2. The van der Waals surface area contributed by atoms with Gasteiger partial charge in [0.05, 0.1) is 34.9 Å². The molecule has 0 radical (unpaired) electrons. The lowest BCUT2D eigenvalue weighted by Gasteiger charge is -2.19. The highest BCUT2D eigenvalue weighted by Gasteiger charge is 2.46. The summed E-state index contributed by atoms with van der Waals surface area (Å²) >= 11 is 0. The quantitative estimate of drug-likeness (QED) is 0.187. The maximum Gasteiger partial charge on any atom is 0.335 e. The summed E-state index contributed by atoms with van der Waals surface area (Å²) in [6.45, 7) is 0.397. The van der Waals surface area contributed by atoms with Crippen LogP contribution in [0, 0.1) is 11.6 Å². The first-order valence-corrected chi connectivity index (χ1v) is 14.5. The smallest absolute Gasteiger partial charge is 0.335 e. The third kappa shape index (κ3) is 5.58. The monoisotopic (exact) mass is 599 g/mol. The Morgan fingerprint density at radius 3 is 2.07 bits per heavy atom. The van der Waals surface area contributed by atoms with E-state index in [9.17, 15) is 23.5 Å². The summed E-state index contributed by atoms with van der Waals surface area (Å²) in [5.41, 5.74) is 5.22. The van der Waals surface area contributed by atoms with Crippen molar-refractivity contribution in [2.75, 3.05) is 0 Å². The van der Waals surface area contributed by atoms with Gasteiger partial charge in [0.25, 0.3) is 5.91 Å². The van der Waals surface area contributed by atoms with Crippen molar-refractivity contribution in [1.82, 2.24) is 15.1 Å². The number of aromatic nitrogens is 2. The predicted molar refractivity (Wildman–Crippen MR) is 168 cm³/mol. The van der Waals surface area contributed by atoms with Crippen LogP contribution in [-0.4, -0.2) is 26.8 Å². The lowest BCUT2D eigenvalue weighted by molar-refractivity contribution is 0.0696.